The molecule has 67 heavy (non-hydrogen) atoms. The Labute approximate surface area is 401 Å². The van der Waals surface area contributed by atoms with E-state index in [0.717, 1.165) is 18.8 Å². The van der Waals surface area contributed by atoms with Crippen LogP contribution in [0.3, 0.4) is 0 Å². The molecule has 2 saturated carbocycles. The van der Waals surface area contributed by atoms with Crippen LogP contribution < -0.4 is 19.5 Å². The number of nitrogens with one attached hydrogen (secondary N) is 2. The van der Waals surface area contributed by atoms with Gasteiger partial charge in [-0.15, -0.1) is 17.9 Å². The molecule has 0 spiro atoms. The second kappa shape index (κ2) is 18.4. The fraction of sp³-hybridized carbons (Fsp3) is 0.617. The van der Waals surface area contributed by atoms with Crippen LogP contribution in [0.1, 0.15) is 92.7 Å². The van der Waals surface area contributed by atoms with Crippen molar-refractivity contribution >= 4 is 67.7 Å². The van der Waals surface area contributed by atoms with Gasteiger partial charge in [-0.25, -0.2) is 23.2 Å². The number of halogens is 1. The van der Waals surface area contributed by atoms with Gasteiger partial charge in [0.2, 0.25) is 21.8 Å². The van der Waals surface area contributed by atoms with Gasteiger partial charge in [0.15, 0.2) is 0 Å². The van der Waals surface area contributed by atoms with Gasteiger partial charge in [-0.1, -0.05) is 45.4 Å². The standard InChI is InChI=1S/C47H62ClN7O10S2/c1-10-28-23-47(28,43(58)52-67(60,61)46(9)13-14-46)51-40(56)32-22-36(33-24-54(44(59)65-45(6,7)8)39(27(4)5)42(57)55(32)33)64-35-21-30(41-50-31(25-66-41)26(2)3)49-38-29(35)11-12-34(37(38)48)63-20-17-53-15-18-62-19-16-53/h10-12,21,25-28,32-33,36,39H,1,13-20,22-24H2,2-9H3,(H,51,56)(H,52,58)/t28-,32+,33-,36-,39-,47-/m1/s1. The van der Waals surface area contributed by atoms with Crippen LogP contribution in [-0.4, -0.2) is 143 Å². The molecule has 4 amide bonds. The van der Waals surface area contributed by atoms with Gasteiger partial charge in [-0.05, 0) is 70.9 Å². The van der Waals surface area contributed by atoms with E-state index in [9.17, 15) is 27.6 Å². The summed E-state index contributed by atoms with van der Waals surface area (Å²) >= 11 is 8.59. The van der Waals surface area contributed by atoms with Crippen molar-refractivity contribution in [1.82, 2.24) is 34.7 Å². The van der Waals surface area contributed by atoms with Gasteiger partial charge < -0.3 is 29.2 Å². The smallest absolute Gasteiger partial charge is 0.411 e. The summed E-state index contributed by atoms with van der Waals surface area (Å²) in [6.07, 6.45) is 0.806. The molecule has 2 N–H and O–H groups in total. The Morgan fingerprint density at radius 3 is 2.43 bits per heavy atom. The van der Waals surface area contributed by atoms with Crippen molar-refractivity contribution in [2.24, 2.45) is 11.8 Å². The minimum Gasteiger partial charge on any atom is -0.491 e. The highest BCUT2D eigenvalue weighted by atomic mass is 35.5. The number of carbonyl (C=O) groups is 4. The zero-order valence-electron chi connectivity index (χ0n) is 39.4. The predicted octanol–water partition coefficient (Wildman–Crippen LogP) is 5.90. The number of aromatic nitrogens is 2. The Kier molecular flexibility index (Phi) is 13.4. The van der Waals surface area contributed by atoms with Crippen LogP contribution in [0.25, 0.3) is 21.6 Å². The number of amides is 4. The van der Waals surface area contributed by atoms with Gasteiger partial charge in [0.25, 0.3) is 5.91 Å². The second-order valence-corrected chi connectivity index (χ2v) is 23.7. The maximum Gasteiger partial charge on any atom is 0.411 e. The van der Waals surface area contributed by atoms with Crippen molar-refractivity contribution in [3.8, 4) is 22.2 Å². The predicted molar refractivity (Wildman–Crippen MR) is 254 cm³/mol. The van der Waals surface area contributed by atoms with E-state index in [1.165, 1.54) is 27.2 Å². The minimum atomic E-state index is -4.04. The number of rotatable bonds is 15. The molecule has 17 nitrogen and oxygen atoms in total. The van der Waals surface area contributed by atoms with E-state index in [1.807, 2.05) is 25.3 Å². The first-order chi connectivity index (χ1) is 31.6. The number of carbonyl (C=O) groups excluding carboxylic acids is 4. The van der Waals surface area contributed by atoms with E-state index in [-0.39, 0.29) is 30.3 Å². The number of benzene rings is 1. The van der Waals surface area contributed by atoms with Crippen LogP contribution >= 0.6 is 22.9 Å². The number of hydrogen-bond acceptors (Lipinski definition) is 14. The number of piperazine rings is 1. The number of fused-ring (bicyclic) bond motifs is 2. The monoisotopic (exact) mass is 983 g/mol. The molecule has 6 atom stereocenters. The van der Waals surface area contributed by atoms with Crippen LogP contribution in [0, 0.1) is 11.8 Å². The molecule has 5 fully saturated rings. The normalized spacial score (nSPS) is 26.1. The fourth-order valence-electron chi connectivity index (χ4n) is 9.13. The Balaban J connectivity index is 1.16. The highest BCUT2D eigenvalue weighted by molar-refractivity contribution is 7.91. The SMILES string of the molecule is C=C[C@@H]1C[C@]1(NC(=O)[C@@H]1C[C@@H](Oc2cc(-c3nc(C(C)C)cs3)nc3c(Cl)c(OCCN4CCOCC4)ccc23)[C@H]2CN(C(=O)OC(C)(C)C)[C@H](C(C)C)C(=O)N21)C(=O)NS(=O)(=O)C1(C)CC1. The van der Waals surface area contributed by atoms with Crippen molar-refractivity contribution in [2.45, 2.75) is 127 Å². The van der Waals surface area contributed by atoms with Gasteiger partial charge in [0.05, 0.1) is 35.2 Å². The topological polar surface area (TPSA) is 199 Å². The lowest BCUT2D eigenvalue weighted by Crippen LogP contribution is -2.67. The molecule has 0 bridgehead atoms. The summed E-state index contributed by atoms with van der Waals surface area (Å²) in [5.41, 5.74) is -0.718. The number of pyridine rings is 1. The van der Waals surface area contributed by atoms with Crippen molar-refractivity contribution in [3.05, 3.63) is 47.0 Å². The lowest BCUT2D eigenvalue weighted by molar-refractivity contribution is -0.153. The Hall–Kier alpha value is -4.56. The molecule has 0 unspecified atom stereocenters. The zero-order valence-corrected chi connectivity index (χ0v) is 41.8. The van der Waals surface area contributed by atoms with E-state index in [0.29, 0.717) is 72.3 Å². The number of sulfonamides is 1. The van der Waals surface area contributed by atoms with E-state index in [2.05, 4.69) is 35.4 Å². The molecule has 2 aliphatic carbocycles. The Morgan fingerprint density at radius 2 is 1.82 bits per heavy atom. The van der Waals surface area contributed by atoms with Crippen LogP contribution in [0.5, 0.6) is 11.5 Å². The first kappa shape index (κ1) is 48.9. The van der Waals surface area contributed by atoms with Crippen molar-refractivity contribution in [2.75, 3.05) is 46.0 Å². The molecular formula is C47H62ClN7O10S2. The van der Waals surface area contributed by atoms with Crippen LogP contribution in [0.2, 0.25) is 5.02 Å². The molecule has 3 saturated heterocycles. The maximum absolute atomic E-state index is 15.0. The Morgan fingerprint density at radius 1 is 1.10 bits per heavy atom. The van der Waals surface area contributed by atoms with E-state index in [4.69, 9.17) is 40.5 Å². The van der Waals surface area contributed by atoms with Gasteiger partial charge in [-0.3, -0.25) is 28.9 Å². The van der Waals surface area contributed by atoms with Crippen LogP contribution in [0.4, 0.5) is 4.79 Å². The average Bonchev–Trinajstić information content (AvgIpc) is 4.07. The summed E-state index contributed by atoms with van der Waals surface area (Å²) in [5, 5.41) is 6.28. The van der Waals surface area contributed by atoms with Crippen LogP contribution in [0.15, 0.2) is 36.2 Å². The summed E-state index contributed by atoms with van der Waals surface area (Å²) in [6, 6.07) is 2.27. The fourth-order valence-corrected chi connectivity index (χ4v) is 11.6. The number of nitrogens with zero attached hydrogens (tertiary/aromatic N) is 5. The molecule has 5 heterocycles. The molecule has 20 heteroatoms. The molecule has 3 aromatic rings. The number of hydrogen-bond donors (Lipinski definition) is 2. The summed E-state index contributed by atoms with van der Waals surface area (Å²) < 4.78 is 52.2. The van der Waals surface area contributed by atoms with E-state index < -0.39 is 85.8 Å². The third-order valence-corrected chi connectivity index (χ3v) is 16.9. The van der Waals surface area contributed by atoms with E-state index in [1.54, 1.807) is 39.8 Å². The number of ether oxygens (including phenoxy) is 4. The highest BCUT2D eigenvalue weighted by Gasteiger charge is 2.64. The third-order valence-electron chi connectivity index (χ3n) is 13.5. The molecule has 5 aliphatic rings. The lowest BCUT2D eigenvalue weighted by atomic mass is 9.96. The molecule has 364 valence electrons. The second-order valence-electron chi connectivity index (χ2n) is 20.2. The summed E-state index contributed by atoms with van der Waals surface area (Å²) in [7, 11) is -4.04. The summed E-state index contributed by atoms with van der Waals surface area (Å²) in [4.78, 5) is 72.7. The van der Waals surface area contributed by atoms with Gasteiger partial charge in [-0.2, -0.15) is 0 Å². The van der Waals surface area contributed by atoms with Gasteiger partial charge in [0.1, 0.15) is 63.2 Å². The van der Waals surface area contributed by atoms with Crippen molar-refractivity contribution in [3.63, 3.8) is 0 Å². The first-order valence-corrected chi connectivity index (χ1v) is 25.8. The zero-order chi connectivity index (χ0) is 48.4. The van der Waals surface area contributed by atoms with Gasteiger partial charge in [0, 0.05) is 55.4 Å². The molecular weight excluding hydrogens is 922 g/mol. The summed E-state index contributed by atoms with van der Waals surface area (Å²) in [6.45, 7) is 22.4. The summed E-state index contributed by atoms with van der Waals surface area (Å²) in [5.74, 6) is -2.04. The lowest BCUT2D eigenvalue weighted by Gasteiger charge is -2.46. The average molecular weight is 985 g/mol. The molecule has 0 radical (unpaired) electrons. The molecule has 3 aliphatic heterocycles. The number of morpholine rings is 1. The molecule has 8 rings (SSSR count). The molecule has 1 aromatic carbocycles. The Bertz CT molecular complexity index is 2550. The van der Waals surface area contributed by atoms with E-state index >= 15 is 0 Å². The third kappa shape index (κ3) is 9.72. The van der Waals surface area contributed by atoms with Gasteiger partial charge >= 0.3 is 6.09 Å². The van der Waals surface area contributed by atoms with Crippen LogP contribution in [-0.2, 0) is 33.9 Å². The quantitative estimate of drug-likeness (QED) is 0.171. The minimum absolute atomic E-state index is 0.0440. The molecule has 2 aromatic heterocycles. The number of thiazole rings is 1. The first-order valence-electron chi connectivity index (χ1n) is 23.1. The largest absolute Gasteiger partial charge is 0.491 e. The van der Waals surface area contributed by atoms with Crippen molar-refractivity contribution in [1.29, 1.82) is 0 Å². The van der Waals surface area contributed by atoms with Crippen molar-refractivity contribution < 1.29 is 46.5 Å². The highest BCUT2D eigenvalue weighted by Crippen LogP contribution is 2.48. The maximum atomic E-state index is 15.0.